The van der Waals surface area contributed by atoms with E-state index in [-0.39, 0.29) is 5.92 Å². The topological polar surface area (TPSA) is 96.2 Å². The maximum absolute atomic E-state index is 11.4. The maximum Gasteiger partial charge on any atom is 0.385 e. The summed E-state index contributed by atoms with van der Waals surface area (Å²) in [7, 11) is -4.15. The van der Waals surface area contributed by atoms with Gasteiger partial charge in [0.15, 0.2) is 6.35 Å². The van der Waals surface area contributed by atoms with Crippen LogP contribution < -0.4 is 0 Å². The number of rotatable bonds is 8. The third-order valence-electron chi connectivity index (χ3n) is 5.20. The minimum Gasteiger partial charge on any atom is -0.512 e. The van der Waals surface area contributed by atoms with Crippen LogP contribution in [0.25, 0.3) is 0 Å². The van der Waals surface area contributed by atoms with Crippen LogP contribution in [-0.2, 0) is 9.30 Å². The molecule has 7 heteroatoms. The van der Waals surface area contributed by atoms with E-state index in [0.717, 1.165) is 41.6 Å². The molecule has 2 atom stereocenters. The predicted octanol–water partition coefficient (Wildman–Crippen LogP) is 6.60. The Kier molecular flexibility index (Phi) is 8.00. The van der Waals surface area contributed by atoms with Crippen LogP contribution in [0.5, 0.6) is 0 Å². The Balaban J connectivity index is 2.27. The third kappa shape index (κ3) is 6.69. The molecule has 0 saturated heterocycles. The lowest BCUT2D eigenvalue weighted by molar-refractivity contribution is 0.263. The molecular formula is C22H30NO5P. The molecule has 0 amide bonds. The number of allylic oxidation sites excluding steroid dienone is 10. The van der Waals surface area contributed by atoms with Crippen molar-refractivity contribution in [2.45, 2.75) is 53.4 Å². The molecule has 2 rings (SSSR count). The largest absolute Gasteiger partial charge is 0.512 e. The van der Waals surface area contributed by atoms with E-state index in [0.29, 0.717) is 17.9 Å². The molecule has 0 aromatic carbocycles. The van der Waals surface area contributed by atoms with Gasteiger partial charge < -0.3 is 14.7 Å². The van der Waals surface area contributed by atoms with Gasteiger partial charge in [0.1, 0.15) is 5.76 Å². The molecule has 0 aliphatic heterocycles. The Bertz CT molecular complexity index is 889. The maximum atomic E-state index is 11.4. The highest BCUT2D eigenvalue weighted by molar-refractivity contribution is 7.56. The lowest BCUT2D eigenvalue weighted by Gasteiger charge is -2.14. The average molecular weight is 419 g/mol. The molecule has 0 saturated carbocycles. The minimum atomic E-state index is -4.15. The SMILES string of the molecule is CCC(C)C1=C(O)CC=CC(CC2=C(C)C=C(OCP(=O)(O)N=O)C=C(C)C2)=C1. The molecule has 158 valence electrons. The summed E-state index contributed by atoms with van der Waals surface area (Å²) < 4.78 is 16.8. The second-order valence-electron chi connectivity index (χ2n) is 7.73. The fourth-order valence-electron chi connectivity index (χ4n) is 3.37. The lowest BCUT2D eigenvalue weighted by atomic mass is 9.91. The molecule has 0 aromatic heterocycles. The highest BCUT2D eigenvalue weighted by atomic mass is 31.2. The van der Waals surface area contributed by atoms with Crippen molar-refractivity contribution in [2.75, 3.05) is 6.35 Å². The summed E-state index contributed by atoms with van der Waals surface area (Å²) in [6, 6.07) is 0. The zero-order chi connectivity index (χ0) is 21.6. The normalized spacial score (nSPS) is 20.8. The van der Waals surface area contributed by atoms with E-state index in [9.17, 15) is 19.5 Å². The van der Waals surface area contributed by atoms with Crippen LogP contribution in [0.1, 0.15) is 53.4 Å². The summed E-state index contributed by atoms with van der Waals surface area (Å²) in [4.78, 5) is 21.9. The molecule has 0 radical (unpaired) electrons. The Morgan fingerprint density at radius 2 is 2.00 bits per heavy atom. The van der Waals surface area contributed by atoms with E-state index < -0.39 is 13.9 Å². The number of aliphatic hydroxyl groups excluding tert-OH is 1. The van der Waals surface area contributed by atoms with Gasteiger partial charge in [-0.1, -0.05) is 43.2 Å². The standard InChI is InChI=1S/C22H30NO5P/c1-5-16(3)21-13-18(7-6-8-22(21)24)12-19-9-15(2)10-20(11-17(19)4)28-14-29(26,27)23-25/h6-7,10-11,13,16,24H,5,8-9,12,14H2,1-4H3,(H,26,27). The minimum absolute atomic E-state index is 0.288. The van der Waals surface area contributed by atoms with Crippen molar-refractivity contribution in [1.29, 1.82) is 0 Å². The van der Waals surface area contributed by atoms with E-state index in [1.54, 1.807) is 0 Å². The first-order chi connectivity index (χ1) is 13.6. The van der Waals surface area contributed by atoms with Crippen molar-refractivity contribution >= 4 is 7.52 Å². The Labute approximate surface area is 172 Å². The van der Waals surface area contributed by atoms with Crippen LogP contribution in [-0.4, -0.2) is 16.3 Å². The molecule has 29 heavy (non-hydrogen) atoms. The van der Waals surface area contributed by atoms with Crippen molar-refractivity contribution in [3.63, 3.8) is 0 Å². The molecule has 2 aliphatic carbocycles. The highest BCUT2D eigenvalue weighted by Gasteiger charge is 2.21. The van der Waals surface area contributed by atoms with Gasteiger partial charge in [0.05, 0.1) is 5.76 Å². The first kappa shape index (κ1) is 23.1. The molecule has 0 aromatic rings. The summed E-state index contributed by atoms with van der Waals surface area (Å²) in [5, 5.41) is 10.4. The van der Waals surface area contributed by atoms with E-state index in [1.807, 2.05) is 32.1 Å². The number of nitroso groups, excluding NO2 is 1. The van der Waals surface area contributed by atoms with E-state index in [2.05, 4.69) is 30.9 Å². The molecule has 6 nitrogen and oxygen atoms in total. The molecule has 2 N–H and O–H groups in total. The molecular weight excluding hydrogens is 389 g/mol. The average Bonchev–Trinajstić information content (AvgIpc) is 2.93. The van der Waals surface area contributed by atoms with Gasteiger partial charge in [0, 0.05) is 11.4 Å². The van der Waals surface area contributed by atoms with Crippen LogP contribution in [0.3, 0.4) is 0 Å². The second kappa shape index (κ2) is 10.0. The Morgan fingerprint density at radius 3 is 2.66 bits per heavy atom. The first-order valence-electron chi connectivity index (χ1n) is 9.81. The van der Waals surface area contributed by atoms with Gasteiger partial charge in [-0.25, -0.2) is 0 Å². The molecule has 0 bridgehead atoms. The third-order valence-corrected chi connectivity index (χ3v) is 5.92. The molecule has 0 heterocycles. The Morgan fingerprint density at radius 1 is 1.28 bits per heavy atom. The van der Waals surface area contributed by atoms with Gasteiger partial charge in [-0.15, -0.1) is 4.91 Å². The molecule has 2 aliphatic rings. The summed E-state index contributed by atoms with van der Waals surface area (Å²) in [5.41, 5.74) is 5.39. The summed E-state index contributed by atoms with van der Waals surface area (Å²) >= 11 is 0. The number of ether oxygens (including phenoxy) is 1. The van der Waals surface area contributed by atoms with Gasteiger partial charge >= 0.3 is 7.52 Å². The number of nitrogens with zero attached hydrogens (tertiary/aromatic N) is 1. The van der Waals surface area contributed by atoms with Crippen molar-refractivity contribution in [3.05, 3.63) is 74.7 Å². The van der Waals surface area contributed by atoms with Crippen molar-refractivity contribution in [3.8, 4) is 0 Å². The number of hydrogen-bond acceptors (Lipinski definition) is 4. The van der Waals surface area contributed by atoms with Gasteiger partial charge in [-0.3, -0.25) is 4.57 Å². The van der Waals surface area contributed by atoms with Gasteiger partial charge in [-0.05, 0) is 67.9 Å². The number of hydrogen-bond donors (Lipinski definition) is 2. The van der Waals surface area contributed by atoms with Crippen molar-refractivity contribution < 1.29 is 19.3 Å². The van der Waals surface area contributed by atoms with E-state index in [4.69, 9.17) is 4.74 Å². The zero-order valence-electron chi connectivity index (χ0n) is 17.5. The fraction of sp³-hybridized carbons (Fsp3) is 0.455. The number of aliphatic hydroxyl groups is 1. The molecule has 0 spiro atoms. The first-order valence-corrected chi connectivity index (χ1v) is 11.6. The van der Waals surface area contributed by atoms with Gasteiger partial charge in [0.25, 0.3) is 0 Å². The predicted molar refractivity (Wildman–Crippen MR) is 116 cm³/mol. The second-order valence-corrected chi connectivity index (χ2v) is 9.49. The summed E-state index contributed by atoms with van der Waals surface area (Å²) in [5.74, 6) is 1.16. The van der Waals surface area contributed by atoms with Crippen LogP contribution in [0, 0.1) is 10.8 Å². The monoisotopic (exact) mass is 419 g/mol. The van der Waals surface area contributed by atoms with E-state index >= 15 is 0 Å². The van der Waals surface area contributed by atoms with Crippen molar-refractivity contribution in [1.82, 2.24) is 0 Å². The quantitative estimate of drug-likeness (QED) is 0.341. The van der Waals surface area contributed by atoms with E-state index in [1.165, 1.54) is 5.57 Å². The van der Waals surface area contributed by atoms with Crippen LogP contribution in [0.2, 0.25) is 0 Å². The van der Waals surface area contributed by atoms with Gasteiger partial charge in [-0.2, -0.15) is 0 Å². The molecule has 2 unspecified atom stereocenters. The highest BCUT2D eigenvalue weighted by Crippen LogP contribution is 2.42. The van der Waals surface area contributed by atoms with Crippen LogP contribution >= 0.6 is 7.52 Å². The van der Waals surface area contributed by atoms with Crippen LogP contribution in [0.15, 0.2) is 74.7 Å². The van der Waals surface area contributed by atoms with Crippen LogP contribution in [0.4, 0.5) is 0 Å². The Hall–Kier alpha value is -2.17. The fourth-order valence-corrected chi connectivity index (χ4v) is 3.73. The summed E-state index contributed by atoms with van der Waals surface area (Å²) in [6.07, 6.45) is 12.1. The lowest BCUT2D eigenvalue weighted by Crippen LogP contribution is -2.00. The molecule has 0 fully saturated rings. The van der Waals surface area contributed by atoms with Crippen molar-refractivity contribution in [2.24, 2.45) is 10.9 Å². The summed E-state index contributed by atoms with van der Waals surface area (Å²) in [6.45, 7) is 8.18. The smallest absolute Gasteiger partial charge is 0.385 e. The zero-order valence-corrected chi connectivity index (χ0v) is 18.4. The van der Waals surface area contributed by atoms with Gasteiger partial charge in [0.2, 0.25) is 0 Å².